The zero-order chi connectivity index (χ0) is 15.2. The van der Waals surface area contributed by atoms with Gasteiger partial charge < -0.3 is 15.7 Å². The minimum atomic E-state index is -0.409. The Morgan fingerprint density at radius 1 is 1.33 bits per heavy atom. The molecule has 3 N–H and O–H groups in total. The summed E-state index contributed by atoms with van der Waals surface area (Å²) in [5.74, 6) is -0.0829. The lowest BCUT2D eigenvalue weighted by Gasteiger charge is -2.28. The second-order valence-corrected chi connectivity index (χ2v) is 5.89. The number of aliphatic hydroxyl groups is 1. The van der Waals surface area contributed by atoms with E-state index in [4.69, 9.17) is 0 Å². The smallest absolute Gasteiger partial charge is 0.251 e. The molecule has 0 bridgehead atoms. The van der Waals surface area contributed by atoms with E-state index in [0.29, 0.717) is 5.56 Å². The van der Waals surface area contributed by atoms with Gasteiger partial charge in [0, 0.05) is 17.8 Å². The van der Waals surface area contributed by atoms with Gasteiger partial charge in [-0.2, -0.15) is 0 Å². The fourth-order valence-corrected chi connectivity index (χ4v) is 2.82. The van der Waals surface area contributed by atoms with Crippen molar-refractivity contribution in [3.63, 3.8) is 0 Å². The Bertz CT molecular complexity index is 488. The SMILES string of the molecule is CCCNc1ccc(C(=O)NC2CCCCC2O)c(C)c1. The van der Waals surface area contributed by atoms with Crippen LogP contribution in [0.3, 0.4) is 0 Å². The van der Waals surface area contributed by atoms with Gasteiger partial charge in [-0.15, -0.1) is 0 Å². The lowest BCUT2D eigenvalue weighted by atomic mass is 9.92. The minimum Gasteiger partial charge on any atom is -0.391 e. The molecule has 2 unspecified atom stereocenters. The number of hydrogen-bond acceptors (Lipinski definition) is 3. The number of benzene rings is 1. The van der Waals surface area contributed by atoms with Crippen molar-refractivity contribution in [3.05, 3.63) is 29.3 Å². The number of aryl methyl sites for hydroxylation is 1. The average Bonchev–Trinajstić information content (AvgIpc) is 2.47. The first-order valence-corrected chi connectivity index (χ1v) is 7.95. The molecule has 116 valence electrons. The van der Waals surface area contributed by atoms with Gasteiger partial charge in [-0.05, 0) is 49.9 Å². The van der Waals surface area contributed by atoms with E-state index in [-0.39, 0.29) is 11.9 Å². The molecule has 0 aliphatic heterocycles. The number of rotatable bonds is 5. The number of nitrogens with one attached hydrogen (secondary N) is 2. The Balaban J connectivity index is 2.01. The van der Waals surface area contributed by atoms with E-state index < -0.39 is 6.10 Å². The van der Waals surface area contributed by atoms with E-state index in [2.05, 4.69) is 17.6 Å². The second-order valence-electron chi connectivity index (χ2n) is 5.89. The van der Waals surface area contributed by atoms with Crippen molar-refractivity contribution in [1.82, 2.24) is 5.32 Å². The van der Waals surface area contributed by atoms with E-state index in [1.165, 1.54) is 0 Å². The molecule has 1 aromatic carbocycles. The number of aliphatic hydroxyl groups excluding tert-OH is 1. The first kappa shape index (κ1) is 15.8. The maximum Gasteiger partial charge on any atom is 0.251 e. The summed E-state index contributed by atoms with van der Waals surface area (Å²) < 4.78 is 0. The van der Waals surface area contributed by atoms with Gasteiger partial charge in [0.15, 0.2) is 0 Å². The molecule has 0 aromatic heterocycles. The Morgan fingerprint density at radius 3 is 2.76 bits per heavy atom. The zero-order valence-electron chi connectivity index (χ0n) is 13.0. The molecule has 1 fully saturated rings. The highest BCUT2D eigenvalue weighted by Crippen LogP contribution is 2.20. The average molecular weight is 290 g/mol. The normalized spacial score (nSPS) is 21.9. The van der Waals surface area contributed by atoms with Crippen LogP contribution in [0.15, 0.2) is 18.2 Å². The quantitative estimate of drug-likeness (QED) is 0.781. The molecular formula is C17H26N2O2. The van der Waals surface area contributed by atoms with Crippen LogP contribution in [0.4, 0.5) is 5.69 Å². The molecule has 1 aromatic rings. The minimum absolute atomic E-state index is 0.0829. The highest BCUT2D eigenvalue weighted by molar-refractivity contribution is 5.96. The van der Waals surface area contributed by atoms with Crippen molar-refractivity contribution in [3.8, 4) is 0 Å². The Hall–Kier alpha value is -1.55. The molecule has 1 saturated carbocycles. The van der Waals surface area contributed by atoms with Gasteiger partial charge in [-0.25, -0.2) is 0 Å². The van der Waals surface area contributed by atoms with E-state index in [1.807, 2.05) is 25.1 Å². The third-order valence-electron chi connectivity index (χ3n) is 4.10. The fourth-order valence-electron chi connectivity index (χ4n) is 2.82. The summed E-state index contributed by atoms with van der Waals surface area (Å²) in [6.07, 6.45) is 4.42. The van der Waals surface area contributed by atoms with Crippen LogP contribution in [-0.4, -0.2) is 29.7 Å². The molecule has 0 heterocycles. The number of anilines is 1. The summed E-state index contributed by atoms with van der Waals surface area (Å²) in [4.78, 5) is 12.4. The van der Waals surface area contributed by atoms with Gasteiger partial charge in [0.2, 0.25) is 0 Å². The molecular weight excluding hydrogens is 264 g/mol. The van der Waals surface area contributed by atoms with Gasteiger partial charge in [0.05, 0.1) is 12.1 Å². The highest BCUT2D eigenvalue weighted by Gasteiger charge is 2.25. The van der Waals surface area contributed by atoms with E-state index in [1.54, 1.807) is 0 Å². The fraction of sp³-hybridized carbons (Fsp3) is 0.588. The number of carbonyl (C=O) groups excluding carboxylic acids is 1. The largest absolute Gasteiger partial charge is 0.391 e. The molecule has 1 aliphatic rings. The van der Waals surface area contributed by atoms with Gasteiger partial charge in [-0.1, -0.05) is 19.8 Å². The monoisotopic (exact) mass is 290 g/mol. The van der Waals surface area contributed by atoms with Crippen molar-refractivity contribution in [1.29, 1.82) is 0 Å². The van der Waals surface area contributed by atoms with Crippen LogP contribution >= 0.6 is 0 Å². The van der Waals surface area contributed by atoms with Crippen LogP contribution in [-0.2, 0) is 0 Å². The molecule has 1 amide bonds. The first-order valence-electron chi connectivity index (χ1n) is 7.95. The van der Waals surface area contributed by atoms with Crippen LogP contribution in [0.2, 0.25) is 0 Å². The van der Waals surface area contributed by atoms with Crippen LogP contribution in [0.1, 0.15) is 54.9 Å². The Labute approximate surface area is 126 Å². The van der Waals surface area contributed by atoms with Crippen LogP contribution in [0, 0.1) is 6.92 Å². The second kappa shape index (κ2) is 7.46. The Morgan fingerprint density at radius 2 is 2.10 bits per heavy atom. The van der Waals surface area contributed by atoms with Crippen LogP contribution < -0.4 is 10.6 Å². The van der Waals surface area contributed by atoms with Crippen molar-refractivity contribution >= 4 is 11.6 Å². The lowest BCUT2D eigenvalue weighted by molar-refractivity contribution is 0.0717. The van der Waals surface area contributed by atoms with Gasteiger partial charge >= 0.3 is 0 Å². The third-order valence-corrected chi connectivity index (χ3v) is 4.10. The summed E-state index contributed by atoms with van der Waals surface area (Å²) in [5, 5.41) is 16.2. The lowest BCUT2D eigenvalue weighted by Crippen LogP contribution is -2.45. The molecule has 0 saturated heterocycles. The van der Waals surface area contributed by atoms with E-state index >= 15 is 0 Å². The predicted octanol–water partition coefficient (Wildman–Crippen LogP) is 2.85. The van der Waals surface area contributed by atoms with Gasteiger partial charge in [-0.3, -0.25) is 4.79 Å². The van der Waals surface area contributed by atoms with Gasteiger partial charge in [0.1, 0.15) is 0 Å². The van der Waals surface area contributed by atoms with Crippen molar-refractivity contribution in [2.45, 2.75) is 58.1 Å². The topological polar surface area (TPSA) is 61.4 Å². The molecule has 0 radical (unpaired) electrons. The van der Waals surface area contributed by atoms with Crippen LogP contribution in [0.25, 0.3) is 0 Å². The molecule has 4 heteroatoms. The summed E-state index contributed by atoms with van der Waals surface area (Å²) in [7, 11) is 0. The number of carbonyl (C=O) groups is 1. The third kappa shape index (κ3) is 4.21. The number of hydrogen-bond donors (Lipinski definition) is 3. The highest BCUT2D eigenvalue weighted by atomic mass is 16.3. The summed E-state index contributed by atoms with van der Waals surface area (Å²) in [6, 6.07) is 5.69. The first-order chi connectivity index (χ1) is 10.1. The maximum atomic E-state index is 12.4. The van der Waals surface area contributed by atoms with Crippen LogP contribution in [0.5, 0.6) is 0 Å². The maximum absolute atomic E-state index is 12.4. The summed E-state index contributed by atoms with van der Waals surface area (Å²) in [6.45, 7) is 5.00. The zero-order valence-corrected chi connectivity index (χ0v) is 13.0. The van der Waals surface area contributed by atoms with Crippen molar-refractivity contribution in [2.75, 3.05) is 11.9 Å². The molecule has 21 heavy (non-hydrogen) atoms. The molecule has 1 aliphatic carbocycles. The summed E-state index contributed by atoms with van der Waals surface area (Å²) in [5.41, 5.74) is 2.69. The summed E-state index contributed by atoms with van der Waals surface area (Å²) >= 11 is 0. The molecule has 4 nitrogen and oxygen atoms in total. The van der Waals surface area contributed by atoms with E-state index in [9.17, 15) is 9.90 Å². The van der Waals surface area contributed by atoms with Gasteiger partial charge in [0.25, 0.3) is 5.91 Å². The molecule has 2 atom stereocenters. The van der Waals surface area contributed by atoms with Crippen molar-refractivity contribution in [2.24, 2.45) is 0 Å². The standard InChI is InChI=1S/C17H26N2O2/c1-3-10-18-13-8-9-14(12(2)11-13)17(21)19-15-6-4-5-7-16(15)20/h8-9,11,15-16,18,20H,3-7,10H2,1-2H3,(H,19,21). The van der Waals surface area contributed by atoms with E-state index in [0.717, 1.165) is 49.9 Å². The Kier molecular flexibility index (Phi) is 5.62. The predicted molar refractivity (Wildman–Crippen MR) is 85.7 cm³/mol. The molecule has 0 spiro atoms. The number of amides is 1. The molecule has 2 rings (SSSR count). The van der Waals surface area contributed by atoms with Crippen molar-refractivity contribution < 1.29 is 9.90 Å².